The first-order valence-electron chi connectivity index (χ1n) is 14.1. The molecular formula is C33H40O8S. The predicted molar refractivity (Wildman–Crippen MR) is 163 cm³/mol. The van der Waals surface area contributed by atoms with Crippen molar-refractivity contribution in [3.8, 4) is 39.5 Å². The third kappa shape index (κ3) is 8.05. The second-order valence-electron chi connectivity index (χ2n) is 10.9. The van der Waals surface area contributed by atoms with Crippen molar-refractivity contribution in [3.05, 3.63) is 60.7 Å². The molecule has 8 nitrogen and oxygen atoms in total. The Morgan fingerprint density at radius 2 is 1.26 bits per heavy atom. The zero-order chi connectivity index (χ0) is 30.2. The normalized spacial score (nSPS) is 15.7. The third-order valence-electron chi connectivity index (χ3n) is 6.94. The zero-order valence-corrected chi connectivity index (χ0v) is 25.5. The summed E-state index contributed by atoms with van der Waals surface area (Å²) in [5.41, 5.74) is 2.25. The van der Waals surface area contributed by atoms with Gasteiger partial charge in [0.15, 0.2) is 5.79 Å². The van der Waals surface area contributed by atoms with Crippen LogP contribution >= 0.6 is 11.8 Å². The van der Waals surface area contributed by atoms with Crippen molar-refractivity contribution in [1.82, 2.24) is 0 Å². The molecule has 1 aliphatic rings. The summed E-state index contributed by atoms with van der Waals surface area (Å²) in [5, 5.41) is 18.1. The fourth-order valence-electron chi connectivity index (χ4n) is 4.31. The van der Waals surface area contributed by atoms with Gasteiger partial charge in [0.25, 0.3) is 0 Å². The second kappa shape index (κ2) is 14.4. The molecule has 0 amide bonds. The molecule has 0 aromatic heterocycles. The fourth-order valence-corrected chi connectivity index (χ4v) is 4.78. The molecule has 0 bridgehead atoms. The Balaban J connectivity index is 1.74. The molecule has 42 heavy (non-hydrogen) atoms. The Hall–Kier alpha value is -3.08. The number of hydrogen-bond donors (Lipinski definition) is 2. The number of thioether (sulfide) groups is 1. The molecule has 0 saturated carbocycles. The Labute approximate surface area is 251 Å². The number of benzene rings is 3. The molecule has 3 aromatic carbocycles. The highest BCUT2D eigenvalue weighted by molar-refractivity contribution is 7.98. The van der Waals surface area contributed by atoms with Gasteiger partial charge < -0.3 is 33.9 Å². The standard InChI is InChI=1S/C33H40O8S/c1-32(2)39-21-33(3,22-40-32)31(36)41-30-28(23-7-11-25(12-8-23)37-17-5-15-34)19-27(42-4)20-29(30)24-9-13-26(14-10-24)38-18-6-16-35/h7-14,19-20,34-35H,5-6,15-18,21-22H2,1-4H3. The van der Waals surface area contributed by atoms with Crippen LogP contribution in [-0.2, 0) is 14.3 Å². The van der Waals surface area contributed by atoms with Crippen LogP contribution in [0, 0.1) is 5.41 Å². The van der Waals surface area contributed by atoms with Gasteiger partial charge in [0, 0.05) is 42.1 Å². The van der Waals surface area contributed by atoms with E-state index in [0.717, 1.165) is 27.1 Å². The number of esters is 1. The highest BCUT2D eigenvalue weighted by atomic mass is 32.2. The molecule has 0 unspecified atom stereocenters. The fraction of sp³-hybridized carbons (Fsp3) is 0.424. The molecule has 0 radical (unpaired) electrons. The van der Waals surface area contributed by atoms with Crippen molar-refractivity contribution in [2.24, 2.45) is 5.41 Å². The van der Waals surface area contributed by atoms with Crippen LogP contribution in [0.1, 0.15) is 33.6 Å². The predicted octanol–water partition coefficient (Wildman–Crippen LogP) is 5.96. The van der Waals surface area contributed by atoms with Crippen molar-refractivity contribution in [3.63, 3.8) is 0 Å². The minimum Gasteiger partial charge on any atom is -0.494 e. The first kappa shape index (κ1) is 31.8. The van der Waals surface area contributed by atoms with E-state index >= 15 is 0 Å². The molecule has 4 rings (SSSR count). The first-order valence-corrected chi connectivity index (χ1v) is 15.3. The maximum atomic E-state index is 13.8. The van der Waals surface area contributed by atoms with Gasteiger partial charge in [-0.05, 0) is 74.6 Å². The topological polar surface area (TPSA) is 104 Å². The van der Waals surface area contributed by atoms with Gasteiger partial charge in [-0.3, -0.25) is 4.79 Å². The Morgan fingerprint density at radius 1 is 0.810 bits per heavy atom. The minimum absolute atomic E-state index is 0.0688. The van der Waals surface area contributed by atoms with Gasteiger partial charge in [-0.15, -0.1) is 11.8 Å². The summed E-state index contributed by atoms with van der Waals surface area (Å²) in [6.45, 7) is 6.76. The number of ether oxygens (including phenoxy) is 5. The van der Waals surface area contributed by atoms with Crippen LogP contribution < -0.4 is 14.2 Å². The van der Waals surface area contributed by atoms with E-state index in [1.54, 1.807) is 18.7 Å². The summed E-state index contributed by atoms with van der Waals surface area (Å²) >= 11 is 1.60. The van der Waals surface area contributed by atoms with E-state index in [-0.39, 0.29) is 26.4 Å². The lowest BCUT2D eigenvalue weighted by Gasteiger charge is -2.39. The molecule has 9 heteroatoms. The van der Waals surface area contributed by atoms with Gasteiger partial charge in [0.05, 0.1) is 26.4 Å². The van der Waals surface area contributed by atoms with E-state index in [4.69, 9.17) is 33.9 Å². The van der Waals surface area contributed by atoms with Crippen LogP contribution in [0.5, 0.6) is 17.2 Å². The molecule has 2 N–H and O–H groups in total. The molecular weight excluding hydrogens is 556 g/mol. The number of carbonyl (C=O) groups excluding carboxylic acids is 1. The summed E-state index contributed by atoms with van der Waals surface area (Å²) in [4.78, 5) is 14.8. The van der Waals surface area contributed by atoms with Gasteiger partial charge in [0.2, 0.25) is 0 Å². The van der Waals surface area contributed by atoms with Crippen LogP contribution in [0.4, 0.5) is 0 Å². The van der Waals surface area contributed by atoms with E-state index in [9.17, 15) is 4.79 Å². The highest BCUT2D eigenvalue weighted by Crippen LogP contribution is 2.44. The third-order valence-corrected chi connectivity index (χ3v) is 7.64. The lowest BCUT2D eigenvalue weighted by molar-refractivity contribution is -0.279. The van der Waals surface area contributed by atoms with E-state index in [2.05, 4.69) is 0 Å². The van der Waals surface area contributed by atoms with Gasteiger partial charge in [-0.2, -0.15) is 0 Å². The summed E-state index contributed by atoms with van der Waals surface area (Å²) in [6.07, 6.45) is 3.11. The average Bonchev–Trinajstić information content (AvgIpc) is 3.00. The van der Waals surface area contributed by atoms with Gasteiger partial charge in [0.1, 0.15) is 22.7 Å². The zero-order valence-electron chi connectivity index (χ0n) is 24.7. The highest BCUT2D eigenvalue weighted by Gasteiger charge is 2.44. The number of rotatable bonds is 13. The minimum atomic E-state index is -0.989. The first-order chi connectivity index (χ1) is 20.2. The smallest absolute Gasteiger partial charge is 0.321 e. The summed E-state index contributed by atoms with van der Waals surface area (Å²) in [5.74, 6) is 0.612. The van der Waals surface area contributed by atoms with E-state index < -0.39 is 17.2 Å². The molecule has 0 atom stereocenters. The Bertz CT molecular complexity index is 1240. The number of aliphatic hydroxyl groups excluding tert-OH is 2. The van der Waals surface area contributed by atoms with E-state index in [1.165, 1.54) is 0 Å². The maximum Gasteiger partial charge on any atom is 0.321 e. The quantitative estimate of drug-likeness (QED) is 0.107. The van der Waals surface area contributed by atoms with Crippen molar-refractivity contribution in [2.45, 2.75) is 44.3 Å². The molecule has 1 fully saturated rings. The van der Waals surface area contributed by atoms with Crippen molar-refractivity contribution in [1.29, 1.82) is 0 Å². The SMILES string of the molecule is CSc1cc(-c2ccc(OCCCO)cc2)c(OC(=O)C2(C)COC(C)(C)OC2)c(-c2ccc(OCCCO)cc2)c1. The van der Waals surface area contributed by atoms with Crippen molar-refractivity contribution in [2.75, 3.05) is 45.9 Å². The van der Waals surface area contributed by atoms with Crippen LogP contribution in [0.15, 0.2) is 65.6 Å². The van der Waals surface area contributed by atoms with Crippen LogP contribution in [-0.4, -0.2) is 67.9 Å². The molecule has 1 saturated heterocycles. The lowest BCUT2D eigenvalue weighted by Crippen LogP contribution is -2.50. The number of aliphatic hydroxyl groups is 2. The van der Waals surface area contributed by atoms with Gasteiger partial charge >= 0.3 is 5.97 Å². The van der Waals surface area contributed by atoms with Crippen LogP contribution in [0.2, 0.25) is 0 Å². The number of carbonyl (C=O) groups is 1. The van der Waals surface area contributed by atoms with Crippen molar-refractivity contribution < 1.29 is 38.7 Å². The second-order valence-corrected chi connectivity index (χ2v) is 11.8. The molecule has 3 aromatic rings. The molecule has 1 aliphatic heterocycles. The van der Waals surface area contributed by atoms with E-state index in [1.807, 2.05) is 80.8 Å². The van der Waals surface area contributed by atoms with Crippen LogP contribution in [0.3, 0.4) is 0 Å². The Kier molecular flexibility index (Phi) is 10.9. The summed E-state index contributed by atoms with van der Waals surface area (Å²) in [6, 6.07) is 19.3. The molecule has 0 spiro atoms. The largest absolute Gasteiger partial charge is 0.494 e. The lowest BCUT2D eigenvalue weighted by atomic mass is 9.91. The Morgan fingerprint density at radius 3 is 1.67 bits per heavy atom. The molecule has 0 aliphatic carbocycles. The average molecular weight is 597 g/mol. The summed E-state index contributed by atoms with van der Waals surface area (Å²) < 4.78 is 29.4. The summed E-state index contributed by atoms with van der Waals surface area (Å²) in [7, 11) is 0. The van der Waals surface area contributed by atoms with E-state index in [0.29, 0.717) is 43.3 Å². The van der Waals surface area contributed by atoms with Crippen LogP contribution in [0.25, 0.3) is 22.3 Å². The molecule has 226 valence electrons. The van der Waals surface area contributed by atoms with Gasteiger partial charge in [-0.25, -0.2) is 0 Å². The van der Waals surface area contributed by atoms with Gasteiger partial charge in [-0.1, -0.05) is 24.3 Å². The number of hydrogen-bond acceptors (Lipinski definition) is 9. The monoisotopic (exact) mass is 596 g/mol. The molecule has 1 heterocycles. The maximum absolute atomic E-state index is 13.8. The van der Waals surface area contributed by atoms with Crippen molar-refractivity contribution >= 4 is 17.7 Å².